The van der Waals surface area contributed by atoms with E-state index >= 15 is 0 Å². The molecule has 9 nitrogen and oxygen atoms in total. The van der Waals surface area contributed by atoms with E-state index in [1.807, 2.05) is 31.2 Å². The number of carboxylic acid groups (broad SMARTS) is 1. The van der Waals surface area contributed by atoms with E-state index in [2.05, 4.69) is 25.0 Å². The first-order valence-electron chi connectivity index (χ1n) is 10.3. The Morgan fingerprint density at radius 3 is 2.53 bits per heavy atom. The summed E-state index contributed by atoms with van der Waals surface area (Å²) in [6.45, 7) is 4.97. The SMILES string of the molecule is C[C@H]1CN(C2CCN(c3nnc(N)[nH]3)CC2)[C@@H](Cc2ccc(Cl)cc2)CN1C(=O)O. The molecule has 4 N–H and O–H groups in total. The molecule has 2 atom stereocenters. The molecule has 0 bridgehead atoms. The number of H-pyrrole nitrogens is 1. The lowest BCUT2D eigenvalue weighted by Gasteiger charge is -2.49. The Morgan fingerprint density at radius 1 is 1.23 bits per heavy atom. The van der Waals surface area contributed by atoms with Gasteiger partial charge >= 0.3 is 6.09 Å². The molecule has 1 aromatic carbocycles. The molecule has 2 aromatic rings. The van der Waals surface area contributed by atoms with Crippen molar-refractivity contribution in [2.45, 2.75) is 44.3 Å². The number of hydrogen-bond acceptors (Lipinski definition) is 6. The summed E-state index contributed by atoms with van der Waals surface area (Å²) < 4.78 is 0. The molecule has 1 amide bonds. The first-order valence-corrected chi connectivity index (χ1v) is 10.7. The Hall–Kier alpha value is -2.52. The van der Waals surface area contributed by atoms with Crippen molar-refractivity contribution in [2.75, 3.05) is 36.8 Å². The third-order valence-corrected chi connectivity index (χ3v) is 6.49. The van der Waals surface area contributed by atoms with Gasteiger partial charge in [-0.2, -0.15) is 0 Å². The number of rotatable bonds is 4. The lowest BCUT2D eigenvalue weighted by molar-refractivity contribution is 0.00686. The fraction of sp³-hybridized carbons (Fsp3) is 0.550. The van der Waals surface area contributed by atoms with Gasteiger partial charge in [-0.25, -0.2) is 4.79 Å². The standard InChI is InChI=1S/C20H28ClN7O2/c1-13-11-28(16-6-8-26(9-7-16)19-23-18(22)24-25-19)17(12-27(13)20(29)30)10-14-2-4-15(21)5-3-14/h2-5,13,16-17H,6-12H2,1H3,(H,29,30)(H3,22,23,24,25)/t13-,17-/m0/s1. The Labute approximate surface area is 180 Å². The number of benzene rings is 1. The Bertz CT molecular complexity index is 866. The fourth-order valence-electron chi connectivity index (χ4n) is 4.67. The molecule has 0 spiro atoms. The van der Waals surface area contributed by atoms with Crippen LogP contribution in [0, 0.1) is 0 Å². The highest BCUT2D eigenvalue weighted by atomic mass is 35.5. The second kappa shape index (κ2) is 8.69. The largest absolute Gasteiger partial charge is 0.465 e. The molecule has 0 aliphatic carbocycles. The number of nitrogens with two attached hydrogens (primary N) is 1. The van der Waals surface area contributed by atoms with Gasteiger partial charge in [0.2, 0.25) is 11.9 Å². The first kappa shape index (κ1) is 20.7. The van der Waals surface area contributed by atoms with Crippen LogP contribution in [-0.4, -0.2) is 80.5 Å². The van der Waals surface area contributed by atoms with Crippen LogP contribution in [0.15, 0.2) is 24.3 Å². The van der Waals surface area contributed by atoms with E-state index < -0.39 is 6.09 Å². The van der Waals surface area contributed by atoms with Crippen molar-refractivity contribution in [3.05, 3.63) is 34.9 Å². The van der Waals surface area contributed by atoms with Gasteiger partial charge in [-0.15, -0.1) is 10.2 Å². The van der Waals surface area contributed by atoms with E-state index in [0.717, 1.165) is 38.9 Å². The van der Waals surface area contributed by atoms with Gasteiger partial charge in [0.05, 0.1) is 0 Å². The summed E-state index contributed by atoms with van der Waals surface area (Å²) in [4.78, 5) is 21.0. The predicted octanol–water partition coefficient (Wildman–Crippen LogP) is 2.30. The minimum Gasteiger partial charge on any atom is -0.465 e. The summed E-state index contributed by atoms with van der Waals surface area (Å²) >= 11 is 6.03. The second-order valence-electron chi connectivity index (χ2n) is 8.22. The molecule has 3 heterocycles. The van der Waals surface area contributed by atoms with Gasteiger partial charge < -0.3 is 20.6 Å². The average molecular weight is 434 g/mol. The van der Waals surface area contributed by atoms with Gasteiger partial charge in [-0.3, -0.25) is 9.88 Å². The number of carbonyl (C=O) groups is 1. The number of aromatic nitrogens is 3. The van der Waals surface area contributed by atoms with Crippen molar-refractivity contribution in [2.24, 2.45) is 0 Å². The van der Waals surface area contributed by atoms with Crippen LogP contribution < -0.4 is 10.6 Å². The van der Waals surface area contributed by atoms with Crippen molar-refractivity contribution in [3.8, 4) is 0 Å². The van der Waals surface area contributed by atoms with Gasteiger partial charge in [0, 0.05) is 49.3 Å². The van der Waals surface area contributed by atoms with Crippen LogP contribution >= 0.6 is 11.6 Å². The maximum absolute atomic E-state index is 11.7. The molecule has 0 radical (unpaired) electrons. The maximum Gasteiger partial charge on any atom is 0.407 e. The van der Waals surface area contributed by atoms with Gasteiger partial charge in [0.15, 0.2) is 0 Å². The quantitative estimate of drug-likeness (QED) is 0.677. The molecule has 0 saturated carbocycles. The van der Waals surface area contributed by atoms with E-state index in [1.165, 1.54) is 5.56 Å². The first-order chi connectivity index (χ1) is 14.4. The Kier molecular flexibility index (Phi) is 6.01. The smallest absolute Gasteiger partial charge is 0.407 e. The van der Waals surface area contributed by atoms with Crippen LogP contribution in [-0.2, 0) is 6.42 Å². The lowest BCUT2D eigenvalue weighted by Crippen LogP contribution is -2.63. The topological polar surface area (TPSA) is 115 Å². The van der Waals surface area contributed by atoms with Crippen LogP contribution in [0.3, 0.4) is 0 Å². The molecule has 2 aliphatic heterocycles. The van der Waals surface area contributed by atoms with Crippen LogP contribution in [0.2, 0.25) is 5.02 Å². The van der Waals surface area contributed by atoms with E-state index in [4.69, 9.17) is 17.3 Å². The van der Waals surface area contributed by atoms with E-state index in [0.29, 0.717) is 29.5 Å². The maximum atomic E-state index is 11.7. The van der Waals surface area contributed by atoms with Gasteiger partial charge in [0.1, 0.15) is 0 Å². The molecule has 30 heavy (non-hydrogen) atoms. The number of aromatic amines is 1. The molecule has 1 aromatic heterocycles. The second-order valence-corrected chi connectivity index (χ2v) is 8.65. The Morgan fingerprint density at radius 2 is 1.93 bits per heavy atom. The summed E-state index contributed by atoms with van der Waals surface area (Å²) in [7, 11) is 0. The Balaban J connectivity index is 1.47. The molecule has 0 unspecified atom stereocenters. The van der Waals surface area contributed by atoms with E-state index in [-0.39, 0.29) is 12.1 Å². The van der Waals surface area contributed by atoms with Gasteiger partial charge in [-0.1, -0.05) is 23.7 Å². The molecule has 10 heteroatoms. The number of piperidine rings is 1. The van der Waals surface area contributed by atoms with E-state index in [1.54, 1.807) is 4.90 Å². The molecule has 2 fully saturated rings. The molecule has 2 aliphatic rings. The van der Waals surface area contributed by atoms with Crippen LogP contribution in [0.25, 0.3) is 0 Å². The zero-order chi connectivity index (χ0) is 21.3. The van der Waals surface area contributed by atoms with Crippen molar-refractivity contribution in [1.82, 2.24) is 25.0 Å². The number of anilines is 2. The number of nitrogens with one attached hydrogen (secondary N) is 1. The number of hydrogen-bond donors (Lipinski definition) is 3. The van der Waals surface area contributed by atoms with Crippen molar-refractivity contribution in [3.63, 3.8) is 0 Å². The van der Waals surface area contributed by atoms with Crippen LogP contribution in [0.1, 0.15) is 25.3 Å². The number of nitrogen functional groups attached to an aromatic ring is 1. The fourth-order valence-corrected chi connectivity index (χ4v) is 4.80. The summed E-state index contributed by atoms with van der Waals surface area (Å²) in [5.41, 5.74) is 6.83. The summed E-state index contributed by atoms with van der Waals surface area (Å²) in [5, 5.41) is 18.3. The minimum absolute atomic E-state index is 0.0314. The molecule has 162 valence electrons. The normalized spacial score (nSPS) is 23.7. The van der Waals surface area contributed by atoms with Gasteiger partial charge in [0.25, 0.3) is 0 Å². The predicted molar refractivity (Wildman–Crippen MR) is 116 cm³/mol. The van der Waals surface area contributed by atoms with Crippen LogP contribution in [0.5, 0.6) is 0 Å². The highest BCUT2D eigenvalue weighted by molar-refractivity contribution is 6.30. The molecule has 4 rings (SSSR count). The average Bonchev–Trinajstić information content (AvgIpc) is 3.17. The molecular weight excluding hydrogens is 406 g/mol. The zero-order valence-electron chi connectivity index (χ0n) is 17.0. The number of nitrogens with zero attached hydrogens (tertiary/aromatic N) is 5. The third kappa shape index (κ3) is 4.46. The van der Waals surface area contributed by atoms with E-state index in [9.17, 15) is 9.90 Å². The molecule has 2 saturated heterocycles. The van der Waals surface area contributed by atoms with Crippen molar-refractivity contribution >= 4 is 29.6 Å². The number of halogens is 1. The number of amides is 1. The third-order valence-electron chi connectivity index (χ3n) is 6.24. The van der Waals surface area contributed by atoms with Crippen LogP contribution in [0.4, 0.5) is 16.7 Å². The zero-order valence-corrected chi connectivity index (χ0v) is 17.8. The highest BCUT2D eigenvalue weighted by Crippen LogP contribution is 2.27. The number of piperazine rings is 1. The minimum atomic E-state index is -0.846. The van der Waals surface area contributed by atoms with Crippen molar-refractivity contribution < 1.29 is 9.90 Å². The highest BCUT2D eigenvalue weighted by Gasteiger charge is 2.38. The monoisotopic (exact) mass is 433 g/mol. The van der Waals surface area contributed by atoms with Crippen molar-refractivity contribution in [1.29, 1.82) is 0 Å². The molecular formula is C20H28ClN7O2. The summed E-state index contributed by atoms with van der Waals surface area (Å²) in [6, 6.07) is 8.34. The summed E-state index contributed by atoms with van der Waals surface area (Å²) in [6.07, 6.45) is 1.92. The summed E-state index contributed by atoms with van der Waals surface area (Å²) in [5.74, 6) is 1.04. The van der Waals surface area contributed by atoms with Gasteiger partial charge in [-0.05, 0) is 43.9 Å². The lowest BCUT2D eigenvalue weighted by atomic mass is 9.94.